The molecule has 1 atom stereocenters. The van der Waals surface area contributed by atoms with Crippen molar-refractivity contribution in [3.63, 3.8) is 0 Å². The van der Waals surface area contributed by atoms with Gasteiger partial charge in [-0.1, -0.05) is 5.16 Å². The predicted octanol–water partition coefficient (Wildman–Crippen LogP) is 2.30. The smallest absolute Gasteiger partial charge is 0.258 e. The molecule has 1 fully saturated rings. The van der Waals surface area contributed by atoms with Gasteiger partial charge in [0.2, 0.25) is 0 Å². The highest BCUT2D eigenvalue weighted by Gasteiger charge is 2.21. The number of nitrogens with one attached hydrogen (secondary N) is 1. The number of hydrogen-bond acceptors (Lipinski definition) is 5. The fourth-order valence-electron chi connectivity index (χ4n) is 1.85. The molecule has 2 heterocycles. The Morgan fingerprint density at radius 3 is 3.05 bits per heavy atom. The second-order valence-corrected chi connectivity index (χ2v) is 5.02. The van der Waals surface area contributed by atoms with Crippen LogP contribution < -0.4 is 5.32 Å². The molecule has 7 heteroatoms. The van der Waals surface area contributed by atoms with E-state index in [1.165, 1.54) is 6.07 Å². The van der Waals surface area contributed by atoms with Gasteiger partial charge in [-0.15, -0.1) is 0 Å². The van der Waals surface area contributed by atoms with Crippen LogP contribution in [-0.4, -0.2) is 29.9 Å². The van der Waals surface area contributed by atoms with Gasteiger partial charge in [0.25, 0.3) is 5.89 Å². The van der Waals surface area contributed by atoms with Crippen LogP contribution in [0.1, 0.15) is 11.9 Å². The average molecular weight is 328 g/mol. The van der Waals surface area contributed by atoms with Crippen LogP contribution in [0.4, 0.5) is 4.39 Å². The van der Waals surface area contributed by atoms with E-state index in [2.05, 4.69) is 31.4 Å². The van der Waals surface area contributed by atoms with Crippen LogP contribution in [0, 0.1) is 5.82 Å². The molecule has 19 heavy (non-hydrogen) atoms. The second kappa shape index (κ2) is 5.36. The molecule has 5 nitrogen and oxygen atoms in total. The Bertz CT molecular complexity index is 584. The molecule has 0 saturated carbocycles. The normalized spacial score (nSPS) is 19.6. The molecular formula is C12H11BrFN3O2. The first-order valence-electron chi connectivity index (χ1n) is 5.84. The molecule has 1 unspecified atom stereocenters. The van der Waals surface area contributed by atoms with E-state index in [1.807, 2.05) is 0 Å². The number of rotatable bonds is 2. The van der Waals surface area contributed by atoms with E-state index in [9.17, 15) is 4.39 Å². The Labute approximate surface area is 117 Å². The highest BCUT2D eigenvalue weighted by Crippen LogP contribution is 2.25. The monoisotopic (exact) mass is 327 g/mol. The number of morpholine rings is 1. The van der Waals surface area contributed by atoms with Crippen LogP contribution in [0.2, 0.25) is 0 Å². The fraction of sp³-hybridized carbons (Fsp3) is 0.333. The SMILES string of the molecule is Fc1ccc(-c2nc(C3COCCN3)no2)cc1Br. The van der Waals surface area contributed by atoms with Gasteiger partial charge in [0.1, 0.15) is 5.82 Å². The van der Waals surface area contributed by atoms with Crippen LogP contribution >= 0.6 is 15.9 Å². The van der Waals surface area contributed by atoms with Crippen molar-refractivity contribution in [2.45, 2.75) is 6.04 Å². The minimum absolute atomic E-state index is 0.0601. The molecule has 0 radical (unpaired) electrons. The highest BCUT2D eigenvalue weighted by atomic mass is 79.9. The molecule has 0 aliphatic carbocycles. The van der Waals surface area contributed by atoms with Crippen LogP contribution in [-0.2, 0) is 4.74 Å². The largest absolute Gasteiger partial charge is 0.378 e. The molecule has 1 saturated heterocycles. The Morgan fingerprint density at radius 2 is 2.32 bits per heavy atom. The lowest BCUT2D eigenvalue weighted by atomic mass is 10.2. The molecule has 0 spiro atoms. The first kappa shape index (κ1) is 12.7. The molecule has 1 aromatic heterocycles. The third-order valence-electron chi connectivity index (χ3n) is 2.84. The van der Waals surface area contributed by atoms with Crippen molar-refractivity contribution >= 4 is 15.9 Å². The Hall–Kier alpha value is -1.31. The van der Waals surface area contributed by atoms with Gasteiger partial charge in [0, 0.05) is 12.1 Å². The van der Waals surface area contributed by atoms with Gasteiger partial charge in [-0.3, -0.25) is 0 Å². The summed E-state index contributed by atoms with van der Waals surface area (Å²) in [5, 5.41) is 7.17. The topological polar surface area (TPSA) is 60.2 Å². The summed E-state index contributed by atoms with van der Waals surface area (Å²) < 4.78 is 24.1. The number of halogens is 2. The molecular weight excluding hydrogens is 317 g/mol. The number of ether oxygens (including phenoxy) is 1. The van der Waals surface area contributed by atoms with Crippen molar-refractivity contribution in [3.05, 3.63) is 34.3 Å². The van der Waals surface area contributed by atoms with E-state index in [0.29, 0.717) is 35.0 Å². The molecule has 0 bridgehead atoms. The van der Waals surface area contributed by atoms with Gasteiger partial charge in [-0.05, 0) is 34.1 Å². The first-order chi connectivity index (χ1) is 9.24. The summed E-state index contributed by atoms with van der Waals surface area (Å²) in [5.41, 5.74) is 0.670. The molecule has 100 valence electrons. The maximum atomic E-state index is 13.2. The van der Waals surface area contributed by atoms with Crippen molar-refractivity contribution in [2.75, 3.05) is 19.8 Å². The number of aromatic nitrogens is 2. The van der Waals surface area contributed by atoms with Crippen LogP contribution in [0.15, 0.2) is 27.2 Å². The maximum absolute atomic E-state index is 13.2. The Kier molecular flexibility index (Phi) is 3.58. The van der Waals surface area contributed by atoms with Crippen molar-refractivity contribution in [3.8, 4) is 11.5 Å². The van der Waals surface area contributed by atoms with Gasteiger partial charge in [0.15, 0.2) is 5.82 Å². The van der Waals surface area contributed by atoms with Crippen LogP contribution in [0.25, 0.3) is 11.5 Å². The van der Waals surface area contributed by atoms with Crippen molar-refractivity contribution < 1.29 is 13.7 Å². The molecule has 1 aliphatic rings. The first-order valence-corrected chi connectivity index (χ1v) is 6.63. The van der Waals surface area contributed by atoms with Gasteiger partial charge in [-0.2, -0.15) is 4.98 Å². The van der Waals surface area contributed by atoms with E-state index in [4.69, 9.17) is 9.26 Å². The summed E-state index contributed by atoms with van der Waals surface area (Å²) in [5.74, 6) is 0.587. The summed E-state index contributed by atoms with van der Waals surface area (Å²) in [6.45, 7) is 1.97. The highest BCUT2D eigenvalue weighted by molar-refractivity contribution is 9.10. The lowest BCUT2D eigenvalue weighted by molar-refractivity contribution is 0.0734. The average Bonchev–Trinajstić information content (AvgIpc) is 2.93. The number of benzene rings is 1. The van der Waals surface area contributed by atoms with E-state index in [1.54, 1.807) is 12.1 Å². The Balaban J connectivity index is 1.85. The van der Waals surface area contributed by atoms with E-state index in [-0.39, 0.29) is 11.9 Å². The Morgan fingerprint density at radius 1 is 1.42 bits per heavy atom. The lowest BCUT2D eigenvalue weighted by Gasteiger charge is -2.20. The summed E-state index contributed by atoms with van der Waals surface area (Å²) in [6.07, 6.45) is 0. The number of hydrogen-bond donors (Lipinski definition) is 1. The second-order valence-electron chi connectivity index (χ2n) is 4.17. The fourth-order valence-corrected chi connectivity index (χ4v) is 2.23. The van der Waals surface area contributed by atoms with Crippen LogP contribution in [0.5, 0.6) is 0 Å². The summed E-state index contributed by atoms with van der Waals surface area (Å²) in [6, 6.07) is 4.50. The zero-order valence-corrected chi connectivity index (χ0v) is 11.5. The van der Waals surface area contributed by atoms with Crippen LogP contribution in [0.3, 0.4) is 0 Å². The van der Waals surface area contributed by atoms with Crippen molar-refractivity contribution in [2.24, 2.45) is 0 Å². The minimum atomic E-state index is -0.328. The molecule has 1 aliphatic heterocycles. The zero-order chi connectivity index (χ0) is 13.2. The lowest BCUT2D eigenvalue weighted by Crippen LogP contribution is -2.35. The molecule has 3 rings (SSSR count). The van der Waals surface area contributed by atoms with E-state index in [0.717, 1.165) is 6.54 Å². The third-order valence-corrected chi connectivity index (χ3v) is 3.45. The maximum Gasteiger partial charge on any atom is 0.258 e. The quantitative estimate of drug-likeness (QED) is 0.917. The molecule has 1 N–H and O–H groups in total. The molecule has 2 aromatic rings. The summed E-state index contributed by atoms with van der Waals surface area (Å²) in [7, 11) is 0. The predicted molar refractivity (Wildman–Crippen MR) is 69.0 cm³/mol. The van der Waals surface area contributed by atoms with Gasteiger partial charge >= 0.3 is 0 Å². The standard InChI is InChI=1S/C12H11BrFN3O2/c13-8-5-7(1-2-9(8)14)12-16-11(17-19-12)10-6-18-4-3-15-10/h1-2,5,10,15H,3-4,6H2. The summed E-state index contributed by atoms with van der Waals surface area (Å²) >= 11 is 3.13. The molecule has 1 aromatic carbocycles. The molecule has 0 amide bonds. The minimum Gasteiger partial charge on any atom is -0.378 e. The van der Waals surface area contributed by atoms with Gasteiger partial charge in [-0.25, -0.2) is 4.39 Å². The van der Waals surface area contributed by atoms with Gasteiger partial charge in [0.05, 0.1) is 23.7 Å². The van der Waals surface area contributed by atoms with Gasteiger partial charge < -0.3 is 14.6 Å². The van der Waals surface area contributed by atoms with E-state index < -0.39 is 0 Å². The van der Waals surface area contributed by atoms with Crippen molar-refractivity contribution in [1.29, 1.82) is 0 Å². The third kappa shape index (κ3) is 2.68. The van der Waals surface area contributed by atoms with E-state index >= 15 is 0 Å². The summed E-state index contributed by atoms with van der Waals surface area (Å²) in [4.78, 5) is 4.31. The van der Waals surface area contributed by atoms with Crippen molar-refractivity contribution in [1.82, 2.24) is 15.5 Å². The zero-order valence-electron chi connectivity index (χ0n) is 9.90. The number of nitrogens with zero attached hydrogens (tertiary/aromatic N) is 2.